The minimum absolute atomic E-state index is 0.532. The van der Waals surface area contributed by atoms with Gasteiger partial charge in [0.25, 0.3) is 0 Å². The van der Waals surface area contributed by atoms with Crippen molar-refractivity contribution < 1.29 is 31.9 Å². The zero-order valence-corrected chi connectivity index (χ0v) is 36.9. The predicted molar refractivity (Wildman–Crippen MR) is 252 cm³/mol. The highest BCUT2D eigenvalue weighted by Gasteiger charge is 2.19. The van der Waals surface area contributed by atoms with Gasteiger partial charge in [-0.1, -0.05) is 0 Å². The fraction of sp³-hybridized carbons (Fsp3) is 0.0638. The number of hydrogen-bond acceptors (Lipinski definition) is 16. The summed E-state index contributed by atoms with van der Waals surface area (Å²) in [6, 6.07) is 32.0. The van der Waals surface area contributed by atoms with Crippen LogP contribution in [0.3, 0.4) is 0 Å². The third kappa shape index (κ3) is 8.99. The van der Waals surface area contributed by atoms with Gasteiger partial charge in [-0.2, -0.15) is 10.2 Å². The SMILES string of the molecule is COc1ccc(-c2ccco2)cc1N.COc1ccc(-c2ccco2)cc1Nc1ncnc2n[nH]c(-c3ccco3)c12.COc1ccc(-c2ccco2)cc1Nc1ncnc2n[nH]c(Br)c12. The molecule has 11 rings (SSSR count). The van der Waals surface area contributed by atoms with Crippen molar-refractivity contribution in [1.29, 1.82) is 0 Å². The van der Waals surface area contributed by atoms with E-state index < -0.39 is 0 Å². The topological polar surface area (TPSA) is 239 Å². The van der Waals surface area contributed by atoms with E-state index in [1.807, 2.05) is 103 Å². The van der Waals surface area contributed by atoms with Crippen LogP contribution >= 0.6 is 15.9 Å². The Kier molecular flexibility index (Phi) is 12.4. The Bertz CT molecular complexity index is 3310. The summed E-state index contributed by atoms with van der Waals surface area (Å²) in [4.78, 5) is 17.1. The van der Waals surface area contributed by atoms with E-state index in [2.05, 4.69) is 66.9 Å². The van der Waals surface area contributed by atoms with Crippen molar-refractivity contribution in [3.63, 3.8) is 0 Å². The number of furan rings is 4. The molecule has 8 heterocycles. The highest BCUT2D eigenvalue weighted by molar-refractivity contribution is 9.10. The van der Waals surface area contributed by atoms with Crippen LogP contribution in [-0.4, -0.2) is 61.7 Å². The van der Waals surface area contributed by atoms with E-state index >= 15 is 0 Å². The summed E-state index contributed by atoms with van der Waals surface area (Å²) in [5.74, 6) is 6.24. The van der Waals surface area contributed by atoms with Crippen molar-refractivity contribution in [3.8, 4) is 62.7 Å². The molecule has 66 heavy (non-hydrogen) atoms. The summed E-state index contributed by atoms with van der Waals surface area (Å²) in [6.07, 6.45) is 9.44. The fourth-order valence-corrected chi connectivity index (χ4v) is 7.31. The van der Waals surface area contributed by atoms with Gasteiger partial charge < -0.3 is 48.2 Å². The van der Waals surface area contributed by atoms with Crippen molar-refractivity contribution in [2.45, 2.75) is 0 Å². The highest BCUT2D eigenvalue weighted by Crippen LogP contribution is 2.38. The van der Waals surface area contributed by atoms with E-state index in [1.165, 1.54) is 12.7 Å². The number of anilines is 5. The monoisotopic (exact) mass is 947 g/mol. The quantitative estimate of drug-likeness (QED) is 0.0757. The molecule has 0 aliphatic carbocycles. The second kappa shape index (κ2) is 19.3. The van der Waals surface area contributed by atoms with E-state index in [-0.39, 0.29) is 0 Å². The van der Waals surface area contributed by atoms with Crippen LogP contribution in [0.1, 0.15) is 0 Å². The minimum atomic E-state index is 0.532. The standard InChI is InChI=1S/C20H15N5O3.C16H12BrN5O2.C11H11NO2/c1-26-15-7-6-12(14-4-2-8-27-14)10-13(15)23-19-17-18(16-5-3-9-28-16)24-25-20(17)22-11-21-19;1-23-12-5-4-9(11-3-2-6-24-11)7-10(12)20-15-13-14(17)21-22-16(13)19-8-18-15;1-13-11-5-4-8(7-9(11)12)10-3-2-6-14-10/h2-11H,1H3,(H2,21,22,23,24,25);2-8H,1H3,(H2,18,19,20,21,22);2-7H,12H2,1H3. The molecule has 330 valence electrons. The average molecular weight is 949 g/mol. The lowest BCUT2D eigenvalue weighted by molar-refractivity contribution is 0.416. The number of benzene rings is 3. The molecule has 3 aromatic carbocycles. The zero-order valence-electron chi connectivity index (χ0n) is 35.3. The Morgan fingerprint density at radius 1 is 0.515 bits per heavy atom. The Labute approximate surface area is 383 Å². The molecule has 0 aliphatic rings. The molecule has 0 amide bonds. The largest absolute Gasteiger partial charge is 0.495 e. The van der Waals surface area contributed by atoms with Crippen molar-refractivity contribution in [1.82, 2.24) is 40.3 Å². The molecule has 0 saturated carbocycles. The summed E-state index contributed by atoms with van der Waals surface area (Å²) >= 11 is 3.43. The molecule has 0 aliphatic heterocycles. The molecule has 0 saturated heterocycles. The van der Waals surface area contributed by atoms with Crippen molar-refractivity contribution in [3.05, 3.63) is 145 Å². The lowest BCUT2D eigenvalue weighted by atomic mass is 10.1. The number of aromatic amines is 2. The number of aromatic nitrogens is 8. The minimum Gasteiger partial charge on any atom is -0.495 e. The van der Waals surface area contributed by atoms with Crippen LogP contribution in [0, 0.1) is 0 Å². The first-order valence-corrected chi connectivity index (χ1v) is 20.7. The number of nitrogen functional groups attached to an aromatic ring is 1. The van der Waals surface area contributed by atoms with Crippen LogP contribution in [0.15, 0.2) is 163 Å². The fourth-order valence-electron chi connectivity index (χ4n) is 6.85. The van der Waals surface area contributed by atoms with Gasteiger partial charge in [0, 0.05) is 16.7 Å². The Balaban J connectivity index is 0.000000131. The predicted octanol–water partition coefficient (Wildman–Crippen LogP) is 11.3. The van der Waals surface area contributed by atoms with Gasteiger partial charge >= 0.3 is 0 Å². The van der Waals surface area contributed by atoms with Crippen molar-refractivity contribution >= 4 is 66.7 Å². The molecule has 0 atom stereocenters. The van der Waals surface area contributed by atoms with E-state index in [9.17, 15) is 0 Å². The van der Waals surface area contributed by atoms with E-state index in [4.69, 9.17) is 37.6 Å². The maximum absolute atomic E-state index is 5.77. The first-order valence-electron chi connectivity index (χ1n) is 19.9. The first kappa shape index (κ1) is 42.5. The van der Waals surface area contributed by atoms with Crippen LogP contribution in [-0.2, 0) is 0 Å². The third-order valence-corrected chi connectivity index (χ3v) is 10.6. The number of fused-ring (bicyclic) bond motifs is 2. The normalized spacial score (nSPS) is 10.8. The molecule has 18 nitrogen and oxygen atoms in total. The number of nitrogens with one attached hydrogen (secondary N) is 4. The third-order valence-electron chi connectivity index (χ3n) is 9.98. The Morgan fingerprint density at radius 3 is 1.42 bits per heavy atom. The van der Waals surface area contributed by atoms with Gasteiger partial charge in [-0.25, -0.2) is 19.9 Å². The first-order chi connectivity index (χ1) is 32.4. The van der Waals surface area contributed by atoms with Gasteiger partial charge in [-0.05, 0) is 119 Å². The van der Waals surface area contributed by atoms with E-state index in [1.54, 1.807) is 46.4 Å². The van der Waals surface area contributed by atoms with E-state index in [0.717, 1.165) is 56.1 Å². The number of nitrogens with zero attached hydrogens (tertiary/aromatic N) is 6. The Morgan fingerprint density at radius 2 is 0.955 bits per heavy atom. The lowest BCUT2D eigenvalue weighted by Crippen LogP contribution is -1.99. The van der Waals surface area contributed by atoms with Crippen LogP contribution in [0.25, 0.3) is 67.5 Å². The number of H-pyrrole nitrogens is 2. The summed E-state index contributed by atoms with van der Waals surface area (Å²) in [6.45, 7) is 0. The molecule has 0 unspecified atom stereocenters. The number of rotatable bonds is 11. The molecule has 8 aromatic heterocycles. The molecule has 0 radical (unpaired) electrons. The lowest BCUT2D eigenvalue weighted by Gasteiger charge is -2.12. The van der Waals surface area contributed by atoms with Gasteiger partial charge in [-0.15, -0.1) is 0 Å². The van der Waals surface area contributed by atoms with Gasteiger partial charge in [0.1, 0.15) is 69.1 Å². The molecular formula is C47H38BrN11O7. The Hall–Kier alpha value is -8.84. The van der Waals surface area contributed by atoms with Crippen LogP contribution < -0.4 is 30.6 Å². The molecular weight excluding hydrogens is 910 g/mol. The summed E-state index contributed by atoms with van der Waals surface area (Å²) in [7, 11) is 4.84. The zero-order chi connectivity index (χ0) is 45.4. The summed E-state index contributed by atoms with van der Waals surface area (Å²) in [5, 5.41) is 22.3. The van der Waals surface area contributed by atoms with Gasteiger partial charge in [0.05, 0.1) is 74.2 Å². The molecule has 11 aromatic rings. The highest BCUT2D eigenvalue weighted by atomic mass is 79.9. The molecule has 0 bridgehead atoms. The summed E-state index contributed by atoms with van der Waals surface area (Å²) < 4.78 is 38.4. The number of hydrogen-bond donors (Lipinski definition) is 5. The van der Waals surface area contributed by atoms with Crippen molar-refractivity contribution in [2.75, 3.05) is 37.7 Å². The second-order valence-corrected chi connectivity index (χ2v) is 14.7. The maximum Gasteiger partial charge on any atom is 0.187 e. The second-order valence-electron chi connectivity index (χ2n) is 13.9. The van der Waals surface area contributed by atoms with Crippen molar-refractivity contribution in [2.24, 2.45) is 0 Å². The van der Waals surface area contributed by atoms with Gasteiger partial charge in [0.15, 0.2) is 17.1 Å². The molecule has 0 spiro atoms. The summed E-state index contributed by atoms with van der Waals surface area (Å²) in [5.41, 5.74) is 12.5. The maximum atomic E-state index is 5.77. The van der Waals surface area contributed by atoms with Gasteiger partial charge in [0.2, 0.25) is 0 Å². The molecule has 0 fully saturated rings. The van der Waals surface area contributed by atoms with Crippen LogP contribution in [0.5, 0.6) is 17.2 Å². The van der Waals surface area contributed by atoms with E-state index in [0.29, 0.717) is 61.9 Å². The smallest absolute Gasteiger partial charge is 0.187 e. The molecule has 19 heteroatoms. The number of nitrogens with two attached hydrogens (primary N) is 1. The number of methoxy groups -OCH3 is 3. The number of halogens is 1. The van der Waals surface area contributed by atoms with Crippen LogP contribution in [0.4, 0.5) is 28.7 Å². The molecule has 6 N–H and O–H groups in total. The van der Waals surface area contributed by atoms with Crippen LogP contribution in [0.2, 0.25) is 0 Å². The average Bonchev–Trinajstić information content (AvgIpc) is 4.21. The number of ether oxygens (including phenoxy) is 3. The van der Waals surface area contributed by atoms with Gasteiger partial charge in [-0.3, -0.25) is 10.2 Å².